The Kier molecular flexibility index (Phi) is 22.8. The summed E-state index contributed by atoms with van der Waals surface area (Å²) in [4.78, 5) is 0. The molecule has 0 unspecified atom stereocenters. The van der Waals surface area contributed by atoms with Crippen molar-refractivity contribution in [1.82, 2.24) is 0 Å². The molecule has 2 nitrogen and oxygen atoms in total. The number of phenolic OH excluding ortho intramolecular Hbond substituents is 2. The molecular formula is C43H72O2. The predicted molar refractivity (Wildman–Crippen MR) is 198 cm³/mol. The van der Waals surface area contributed by atoms with E-state index >= 15 is 0 Å². The van der Waals surface area contributed by atoms with Crippen molar-refractivity contribution in [3.8, 4) is 11.5 Å². The third-order valence-electron chi connectivity index (χ3n) is 9.96. The topological polar surface area (TPSA) is 40.5 Å². The first kappa shape index (κ1) is 39.2. The number of phenols is 2. The Morgan fingerprint density at radius 3 is 1.07 bits per heavy atom. The van der Waals surface area contributed by atoms with E-state index in [-0.39, 0.29) is 0 Å². The van der Waals surface area contributed by atoms with E-state index in [0.717, 1.165) is 43.2 Å². The minimum atomic E-state index is 0.306. The zero-order chi connectivity index (χ0) is 32.4. The fourth-order valence-corrected chi connectivity index (χ4v) is 6.95. The van der Waals surface area contributed by atoms with Gasteiger partial charge in [-0.1, -0.05) is 186 Å². The number of benzene rings is 2. The maximum Gasteiger partial charge on any atom is 0.118 e. The molecule has 2 aromatic carbocycles. The first-order valence-corrected chi connectivity index (χ1v) is 19.7. The molecule has 256 valence electrons. The molecule has 2 rings (SSSR count). The van der Waals surface area contributed by atoms with Crippen LogP contribution in [0.15, 0.2) is 36.4 Å². The van der Waals surface area contributed by atoms with Gasteiger partial charge in [0.15, 0.2) is 0 Å². The van der Waals surface area contributed by atoms with Crippen molar-refractivity contribution in [2.24, 2.45) is 0 Å². The van der Waals surface area contributed by atoms with Crippen molar-refractivity contribution in [1.29, 1.82) is 0 Å². The van der Waals surface area contributed by atoms with E-state index in [1.54, 1.807) is 0 Å². The molecule has 2 heteroatoms. The highest BCUT2D eigenvalue weighted by Crippen LogP contribution is 2.36. The van der Waals surface area contributed by atoms with E-state index in [2.05, 4.69) is 45.0 Å². The maximum atomic E-state index is 10.8. The Morgan fingerprint density at radius 2 is 0.711 bits per heavy atom. The number of unbranched alkanes of at least 4 members (excludes halogenated alkanes) is 21. The quantitative estimate of drug-likeness (QED) is 0.0888. The molecule has 0 spiro atoms. The van der Waals surface area contributed by atoms with Crippen molar-refractivity contribution in [2.45, 2.75) is 200 Å². The van der Waals surface area contributed by atoms with Gasteiger partial charge in [0, 0.05) is 5.92 Å². The summed E-state index contributed by atoms with van der Waals surface area (Å²) in [5.41, 5.74) is 4.87. The zero-order valence-corrected chi connectivity index (χ0v) is 30.0. The minimum absolute atomic E-state index is 0.306. The Morgan fingerprint density at radius 1 is 0.400 bits per heavy atom. The largest absolute Gasteiger partial charge is 0.508 e. The summed E-state index contributed by atoms with van der Waals surface area (Å²) < 4.78 is 0. The van der Waals surface area contributed by atoms with Gasteiger partial charge in [0.2, 0.25) is 0 Å². The first-order valence-electron chi connectivity index (χ1n) is 19.7. The third kappa shape index (κ3) is 17.5. The van der Waals surface area contributed by atoms with Gasteiger partial charge in [0.1, 0.15) is 11.5 Å². The average molecular weight is 621 g/mol. The van der Waals surface area contributed by atoms with Crippen molar-refractivity contribution in [3.63, 3.8) is 0 Å². The average Bonchev–Trinajstić information content (AvgIpc) is 3.05. The van der Waals surface area contributed by atoms with Crippen molar-refractivity contribution in [3.05, 3.63) is 58.7 Å². The second kappa shape index (κ2) is 26.1. The van der Waals surface area contributed by atoms with Crippen LogP contribution < -0.4 is 0 Å². The van der Waals surface area contributed by atoms with E-state index in [4.69, 9.17) is 0 Å². The molecule has 0 aromatic heterocycles. The monoisotopic (exact) mass is 621 g/mol. The van der Waals surface area contributed by atoms with Gasteiger partial charge in [-0.25, -0.2) is 0 Å². The van der Waals surface area contributed by atoms with E-state index in [1.165, 1.54) is 152 Å². The zero-order valence-electron chi connectivity index (χ0n) is 30.0. The lowest BCUT2D eigenvalue weighted by atomic mass is 9.84. The number of aryl methyl sites for hydroxylation is 2. The fourth-order valence-electron chi connectivity index (χ4n) is 6.95. The van der Waals surface area contributed by atoms with Crippen molar-refractivity contribution in [2.75, 3.05) is 0 Å². The molecular weight excluding hydrogens is 548 g/mol. The molecule has 0 aliphatic rings. The van der Waals surface area contributed by atoms with Crippen LogP contribution in [0, 0.1) is 0 Å². The summed E-state index contributed by atoms with van der Waals surface area (Å²) in [5, 5.41) is 21.5. The van der Waals surface area contributed by atoms with Crippen LogP contribution >= 0.6 is 0 Å². The summed E-state index contributed by atoms with van der Waals surface area (Å²) in [6.07, 6.45) is 34.6. The highest BCUT2D eigenvalue weighted by Gasteiger charge is 2.18. The number of rotatable bonds is 29. The summed E-state index contributed by atoms with van der Waals surface area (Å²) in [6.45, 7) is 6.84. The van der Waals surface area contributed by atoms with Crippen LogP contribution in [0.5, 0.6) is 11.5 Å². The molecule has 0 radical (unpaired) electrons. The molecule has 0 atom stereocenters. The van der Waals surface area contributed by atoms with Crippen molar-refractivity contribution >= 4 is 0 Å². The lowest BCUT2D eigenvalue weighted by Gasteiger charge is -2.21. The molecule has 0 aliphatic carbocycles. The number of hydrogen-bond donors (Lipinski definition) is 2. The van der Waals surface area contributed by atoms with Gasteiger partial charge in [-0.3, -0.25) is 0 Å². The molecule has 0 saturated carbocycles. The molecule has 0 heterocycles. The molecule has 0 fully saturated rings. The lowest BCUT2D eigenvalue weighted by molar-refractivity contribution is 0.464. The first-order chi connectivity index (χ1) is 22.1. The van der Waals surface area contributed by atoms with Crippen LogP contribution in [-0.2, 0) is 12.8 Å². The highest BCUT2D eigenvalue weighted by atomic mass is 16.3. The minimum Gasteiger partial charge on any atom is -0.508 e. The number of hydrogen-bond acceptors (Lipinski definition) is 2. The van der Waals surface area contributed by atoms with Gasteiger partial charge < -0.3 is 10.2 Å². The summed E-state index contributed by atoms with van der Waals surface area (Å²) in [6, 6.07) is 12.8. The smallest absolute Gasteiger partial charge is 0.118 e. The molecule has 0 amide bonds. The van der Waals surface area contributed by atoms with Crippen LogP contribution in [0.3, 0.4) is 0 Å². The summed E-state index contributed by atoms with van der Waals surface area (Å²) >= 11 is 0. The lowest BCUT2D eigenvalue weighted by Crippen LogP contribution is -2.04. The van der Waals surface area contributed by atoms with Crippen molar-refractivity contribution < 1.29 is 10.2 Å². The van der Waals surface area contributed by atoms with E-state index in [1.807, 2.05) is 12.1 Å². The van der Waals surface area contributed by atoms with E-state index in [0.29, 0.717) is 17.4 Å². The number of aromatic hydroxyl groups is 2. The standard InChI is InChI=1S/C43H72O2/c1-4-7-10-13-16-17-18-21-24-27-30-41(37-31-33-42(44)39(35-37)28-25-22-19-14-11-8-5-2)38-32-34-43(45)40(36-38)29-26-23-20-15-12-9-6-3/h31-36,41,44-45H,4-30H2,1-3H3. The van der Waals surface area contributed by atoms with Crippen LogP contribution in [0.1, 0.15) is 209 Å². The second-order valence-electron chi connectivity index (χ2n) is 14.0. The SMILES string of the molecule is CCCCCCCCCCCCC(c1ccc(O)c(CCCCCCCCC)c1)c1ccc(O)c(CCCCCCCCC)c1. The van der Waals surface area contributed by atoms with Crippen LogP contribution in [-0.4, -0.2) is 10.2 Å². The summed E-state index contributed by atoms with van der Waals surface area (Å²) in [5.74, 6) is 1.21. The van der Waals surface area contributed by atoms with Gasteiger partial charge in [0.25, 0.3) is 0 Å². The molecule has 2 aromatic rings. The second-order valence-corrected chi connectivity index (χ2v) is 14.0. The van der Waals surface area contributed by atoms with Gasteiger partial charge in [-0.2, -0.15) is 0 Å². The molecule has 0 saturated heterocycles. The maximum absolute atomic E-state index is 10.8. The molecule has 45 heavy (non-hydrogen) atoms. The predicted octanol–water partition coefficient (Wildman–Crippen LogP) is 14.1. The van der Waals surface area contributed by atoms with Crippen LogP contribution in [0.25, 0.3) is 0 Å². The molecule has 0 bridgehead atoms. The highest BCUT2D eigenvalue weighted by molar-refractivity contribution is 5.44. The van der Waals surface area contributed by atoms with Gasteiger partial charge in [-0.05, 0) is 66.5 Å². The van der Waals surface area contributed by atoms with Gasteiger partial charge in [-0.15, -0.1) is 0 Å². The Balaban J connectivity index is 2.04. The summed E-state index contributed by atoms with van der Waals surface area (Å²) in [7, 11) is 0. The Labute approximate surface area is 279 Å². The van der Waals surface area contributed by atoms with Gasteiger partial charge >= 0.3 is 0 Å². The Hall–Kier alpha value is -1.96. The molecule has 0 aliphatic heterocycles. The normalized spacial score (nSPS) is 11.6. The van der Waals surface area contributed by atoms with Crippen LogP contribution in [0.4, 0.5) is 0 Å². The van der Waals surface area contributed by atoms with Crippen LogP contribution in [0.2, 0.25) is 0 Å². The third-order valence-corrected chi connectivity index (χ3v) is 9.96. The van der Waals surface area contributed by atoms with E-state index < -0.39 is 0 Å². The van der Waals surface area contributed by atoms with Gasteiger partial charge in [0.05, 0.1) is 0 Å². The molecule has 2 N–H and O–H groups in total. The van der Waals surface area contributed by atoms with E-state index in [9.17, 15) is 10.2 Å². The fraction of sp³-hybridized carbons (Fsp3) is 0.721. The Bertz CT molecular complexity index is 912.